The molecule has 1 atom stereocenters. The van der Waals surface area contributed by atoms with E-state index < -0.39 is 16.2 Å². The molecule has 1 aromatic carbocycles. The third-order valence-electron chi connectivity index (χ3n) is 1.90. The first-order valence-electron chi connectivity index (χ1n) is 5.06. The number of aliphatic hydroxyl groups excluding tert-OH is 1. The minimum Gasteiger partial charge on any atom is -0.491 e. The van der Waals surface area contributed by atoms with Crippen molar-refractivity contribution in [3.05, 3.63) is 29.8 Å². The van der Waals surface area contributed by atoms with Gasteiger partial charge in [0.15, 0.2) is 0 Å². The van der Waals surface area contributed by atoms with Gasteiger partial charge in [0.2, 0.25) is 0 Å². The lowest BCUT2D eigenvalue weighted by atomic mass is 10.2. The van der Waals surface area contributed by atoms with E-state index in [1.807, 2.05) is 6.07 Å². The van der Waals surface area contributed by atoms with Gasteiger partial charge in [-0.05, 0) is 24.3 Å². The van der Waals surface area contributed by atoms with Crippen molar-refractivity contribution in [2.45, 2.75) is 6.10 Å². The number of nitrogens with zero attached hydrogens (tertiary/aromatic N) is 1. The summed E-state index contributed by atoms with van der Waals surface area (Å²) in [4.78, 5) is 0. The first kappa shape index (κ1) is 14.4. The summed E-state index contributed by atoms with van der Waals surface area (Å²) >= 11 is 0. The predicted molar refractivity (Wildman–Crippen MR) is 63.5 cm³/mol. The molecule has 1 rings (SSSR count). The van der Waals surface area contributed by atoms with Gasteiger partial charge in [-0.15, -0.1) is 0 Å². The average molecular weight is 271 g/mol. The molecule has 0 heterocycles. The molecular weight excluding hydrogens is 258 g/mol. The van der Waals surface area contributed by atoms with Crippen molar-refractivity contribution in [3.63, 3.8) is 0 Å². The monoisotopic (exact) mass is 271 g/mol. The normalized spacial score (nSPS) is 12.7. The van der Waals surface area contributed by atoms with Crippen LogP contribution in [0, 0.1) is 11.3 Å². The van der Waals surface area contributed by atoms with Gasteiger partial charge in [-0.25, -0.2) is 0 Å². The fourth-order valence-corrected chi connectivity index (χ4v) is 1.47. The number of hydrogen-bond acceptors (Lipinski definition) is 6. The van der Waals surface area contributed by atoms with Crippen LogP contribution >= 0.6 is 0 Å². The number of ether oxygens (including phenoxy) is 1. The number of hydrogen-bond donors (Lipinski definition) is 1. The molecule has 0 bridgehead atoms. The fourth-order valence-electron chi connectivity index (χ4n) is 1.07. The molecule has 0 fully saturated rings. The topological polar surface area (TPSA) is 96.6 Å². The Hall–Kier alpha value is -1.62. The lowest BCUT2D eigenvalue weighted by molar-refractivity contribution is 0.0652. The van der Waals surface area contributed by atoms with E-state index in [9.17, 15) is 13.5 Å². The van der Waals surface area contributed by atoms with Crippen LogP contribution in [0.15, 0.2) is 24.3 Å². The second-order valence-corrected chi connectivity index (χ2v) is 5.23. The van der Waals surface area contributed by atoms with Crippen molar-refractivity contribution < 1.29 is 22.4 Å². The van der Waals surface area contributed by atoms with Crippen molar-refractivity contribution in [2.24, 2.45) is 0 Å². The van der Waals surface area contributed by atoms with Crippen LogP contribution in [0.3, 0.4) is 0 Å². The first-order valence-corrected chi connectivity index (χ1v) is 6.88. The van der Waals surface area contributed by atoms with Crippen LogP contribution in [0.4, 0.5) is 0 Å². The van der Waals surface area contributed by atoms with Crippen LogP contribution in [0.5, 0.6) is 5.75 Å². The third kappa shape index (κ3) is 5.63. The Balaban J connectivity index is 2.38. The van der Waals surface area contributed by atoms with Crippen molar-refractivity contribution in [1.82, 2.24) is 0 Å². The highest BCUT2D eigenvalue weighted by Gasteiger charge is 2.10. The van der Waals surface area contributed by atoms with Gasteiger partial charge in [0.05, 0.1) is 24.5 Å². The minimum absolute atomic E-state index is 0.0958. The standard InChI is InChI=1S/C11H13NO5S/c1-18(14,15)17-8-10(13)7-16-11-4-2-9(6-12)3-5-11/h2-5,10,13H,7-8H2,1H3/t10-/m1/s1. The zero-order valence-corrected chi connectivity index (χ0v) is 10.6. The van der Waals surface area contributed by atoms with E-state index in [1.54, 1.807) is 24.3 Å². The van der Waals surface area contributed by atoms with Gasteiger partial charge in [-0.1, -0.05) is 0 Å². The molecule has 7 heteroatoms. The van der Waals surface area contributed by atoms with Crippen molar-refractivity contribution in [3.8, 4) is 11.8 Å². The smallest absolute Gasteiger partial charge is 0.264 e. The van der Waals surface area contributed by atoms with Crippen LogP contribution in [0.25, 0.3) is 0 Å². The van der Waals surface area contributed by atoms with E-state index >= 15 is 0 Å². The molecule has 0 amide bonds. The van der Waals surface area contributed by atoms with E-state index in [0.717, 1.165) is 6.26 Å². The zero-order chi connectivity index (χ0) is 13.6. The summed E-state index contributed by atoms with van der Waals surface area (Å²) in [7, 11) is -3.56. The molecule has 1 aromatic rings. The van der Waals surface area contributed by atoms with Crippen molar-refractivity contribution in [2.75, 3.05) is 19.5 Å². The summed E-state index contributed by atoms with van der Waals surface area (Å²) in [5.41, 5.74) is 0.503. The maximum atomic E-state index is 10.7. The molecule has 0 saturated carbocycles. The van der Waals surface area contributed by atoms with Gasteiger partial charge in [-0.2, -0.15) is 13.7 Å². The molecule has 0 aliphatic carbocycles. The lowest BCUT2D eigenvalue weighted by Crippen LogP contribution is -2.24. The maximum absolute atomic E-state index is 10.7. The van der Waals surface area contributed by atoms with E-state index in [0.29, 0.717) is 11.3 Å². The van der Waals surface area contributed by atoms with Crippen LogP contribution in [-0.2, 0) is 14.3 Å². The molecule has 0 aromatic heterocycles. The highest BCUT2D eigenvalue weighted by atomic mass is 32.2. The molecular formula is C11H13NO5S. The average Bonchev–Trinajstić information content (AvgIpc) is 2.33. The highest BCUT2D eigenvalue weighted by molar-refractivity contribution is 7.85. The van der Waals surface area contributed by atoms with Gasteiger partial charge in [0, 0.05) is 0 Å². The summed E-state index contributed by atoms with van der Waals surface area (Å²) in [6, 6.07) is 8.29. The number of benzene rings is 1. The van der Waals surface area contributed by atoms with Crippen LogP contribution in [0.2, 0.25) is 0 Å². The van der Waals surface area contributed by atoms with Crippen molar-refractivity contribution >= 4 is 10.1 Å². The second-order valence-electron chi connectivity index (χ2n) is 3.59. The van der Waals surface area contributed by atoms with Crippen LogP contribution in [-0.4, -0.2) is 39.1 Å². The Labute approximate surface area is 106 Å². The largest absolute Gasteiger partial charge is 0.491 e. The Morgan fingerprint density at radius 1 is 1.33 bits per heavy atom. The molecule has 6 nitrogen and oxygen atoms in total. The summed E-state index contributed by atoms with van der Waals surface area (Å²) in [6.07, 6.45) is -0.142. The highest BCUT2D eigenvalue weighted by Crippen LogP contribution is 2.11. The zero-order valence-electron chi connectivity index (χ0n) is 9.74. The van der Waals surface area contributed by atoms with Gasteiger partial charge in [0.1, 0.15) is 18.5 Å². The second kappa shape index (κ2) is 6.35. The van der Waals surface area contributed by atoms with Crippen molar-refractivity contribution in [1.29, 1.82) is 5.26 Å². The van der Waals surface area contributed by atoms with Crippen LogP contribution < -0.4 is 4.74 Å². The Bertz CT molecular complexity index is 517. The van der Waals surface area contributed by atoms with Gasteiger partial charge < -0.3 is 9.84 Å². The SMILES string of the molecule is CS(=O)(=O)OC[C@H](O)COc1ccc(C#N)cc1. The maximum Gasteiger partial charge on any atom is 0.264 e. The molecule has 0 unspecified atom stereocenters. The van der Waals surface area contributed by atoms with Crippen LogP contribution in [0.1, 0.15) is 5.56 Å². The summed E-state index contributed by atoms with van der Waals surface area (Å²) in [5.74, 6) is 0.479. The first-order chi connectivity index (χ1) is 8.40. The molecule has 0 aliphatic rings. The number of aliphatic hydroxyl groups is 1. The van der Waals surface area contributed by atoms with E-state index in [-0.39, 0.29) is 13.2 Å². The number of rotatable bonds is 6. The molecule has 1 N–H and O–H groups in total. The molecule has 18 heavy (non-hydrogen) atoms. The van der Waals surface area contributed by atoms with E-state index in [1.165, 1.54) is 0 Å². The summed E-state index contributed by atoms with van der Waals surface area (Å²) < 4.78 is 31.0. The molecule has 0 aliphatic heterocycles. The van der Waals surface area contributed by atoms with Gasteiger partial charge >= 0.3 is 0 Å². The summed E-state index contributed by atoms with van der Waals surface area (Å²) in [5, 5.41) is 18.0. The minimum atomic E-state index is -3.56. The quantitative estimate of drug-likeness (QED) is 0.746. The number of nitriles is 1. The molecule has 0 saturated heterocycles. The van der Waals surface area contributed by atoms with Gasteiger partial charge in [0.25, 0.3) is 10.1 Å². The molecule has 98 valence electrons. The summed E-state index contributed by atoms with van der Waals surface area (Å²) in [6.45, 7) is -0.448. The Kier molecular flexibility index (Phi) is 5.09. The van der Waals surface area contributed by atoms with Gasteiger partial charge in [-0.3, -0.25) is 4.18 Å². The molecule has 0 spiro atoms. The Morgan fingerprint density at radius 2 is 1.94 bits per heavy atom. The molecule has 0 radical (unpaired) electrons. The predicted octanol–water partition coefficient (Wildman–Crippen LogP) is 0.274. The third-order valence-corrected chi connectivity index (χ3v) is 2.46. The van der Waals surface area contributed by atoms with E-state index in [4.69, 9.17) is 10.00 Å². The fraction of sp³-hybridized carbons (Fsp3) is 0.364. The van der Waals surface area contributed by atoms with E-state index in [2.05, 4.69) is 4.18 Å². The lowest BCUT2D eigenvalue weighted by Gasteiger charge is -2.11. The Morgan fingerprint density at radius 3 is 2.44 bits per heavy atom.